The molecule has 0 N–H and O–H groups in total. The number of hydrogen-bond donors (Lipinski definition) is 0. The van der Waals surface area contributed by atoms with Crippen molar-refractivity contribution in [3.63, 3.8) is 0 Å². The summed E-state index contributed by atoms with van der Waals surface area (Å²) in [6.45, 7) is 4.00. The van der Waals surface area contributed by atoms with E-state index >= 15 is 0 Å². The molecule has 2 rings (SSSR count). The highest BCUT2D eigenvalue weighted by Gasteiger charge is 2.38. The highest BCUT2D eigenvalue weighted by molar-refractivity contribution is 9.09. The molecule has 1 unspecified atom stereocenters. The summed E-state index contributed by atoms with van der Waals surface area (Å²) < 4.78 is 19.2. The summed E-state index contributed by atoms with van der Waals surface area (Å²) in [5, 5.41) is 0.234. The van der Waals surface area contributed by atoms with Crippen LogP contribution in [0, 0.1) is 5.82 Å². The average molecular weight is 301 g/mol. The van der Waals surface area contributed by atoms with Gasteiger partial charge in [0.05, 0.1) is 5.33 Å². The van der Waals surface area contributed by atoms with E-state index in [0.29, 0.717) is 6.42 Å². The van der Waals surface area contributed by atoms with Crippen molar-refractivity contribution in [3.8, 4) is 5.75 Å². The first-order valence-electron chi connectivity index (χ1n) is 5.50. The van der Waals surface area contributed by atoms with Gasteiger partial charge in [0.15, 0.2) is 23.5 Å². The normalized spacial score (nSPS) is 21.5. The van der Waals surface area contributed by atoms with Gasteiger partial charge in [-0.05, 0) is 11.5 Å². The number of alkyl halides is 1. The fourth-order valence-corrected chi connectivity index (χ4v) is 2.55. The molecule has 1 aromatic carbocycles. The first-order valence-corrected chi connectivity index (χ1v) is 6.62. The first kappa shape index (κ1) is 12.6. The Morgan fingerprint density at radius 2 is 2.29 bits per heavy atom. The largest absolute Gasteiger partial charge is 0.479 e. The molecule has 1 heterocycles. The second kappa shape index (κ2) is 4.41. The minimum absolute atomic E-state index is 0.0491. The number of hydrogen-bond acceptors (Lipinski definition) is 2. The molecule has 92 valence electrons. The molecule has 0 fully saturated rings. The van der Waals surface area contributed by atoms with Crippen LogP contribution in [-0.2, 0) is 10.2 Å². The number of carbonyl (C=O) groups excluding carboxylic acids is 1. The minimum atomic E-state index is -0.561. The molecule has 0 saturated heterocycles. The smallest absolute Gasteiger partial charge is 0.183 e. The van der Waals surface area contributed by atoms with E-state index in [2.05, 4.69) is 15.9 Å². The molecular weight excluding hydrogens is 287 g/mol. The Morgan fingerprint density at radius 1 is 1.59 bits per heavy atom. The van der Waals surface area contributed by atoms with Crippen LogP contribution < -0.4 is 4.74 Å². The van der Waals surface area contributed by atoms with Gasteiger partial charge < -0.3 is 4.74 Å². The van der Waals surface area contributed by atoms with Gasteiger partial charge in [-0.1, -0.05) is 41.9 Å². The number of fused-ring (bicyclic) bond motifs is 1. The van der Waals surface area contributed by atoms with Crippen LogP contribution in [0.3, 0.4) is 0 Å². The van der Waals surface area contributed by atoms with Crippen molar-refractivity contribution in [3.05, 3.63) is 29.6 Å². The average Bonchev–Trinajstić information content (AvgIpc) is 2.28. The van der Waals surface area contributed by atoms with Crippen molar-refractivity contribution < 1.29 is 13.9 Å². The van der Waals surface area contributed by atoms with Crippen LogP contribution in [0.1, 0.15) is 25.8 Å². The Labute approximate surface area is 108 Å². The molecule has 0 bridgehead atoms. The van der Waals surface area contributed by atoms with E-state index in [9.17, 15) is 9.18 Å². The Balaban J connectivity index is 2.45. The molecule has 17 heavy (non-hydrogen) atoms. The SMILES string of the molecule is CC1(C)CC(C(=O)CBr)Oc2c(F)cccc21. The standard InChI is InChI=1S/C13H14BrFO2/c1-13(2)6-11(10(16)7-14)17-12-8(13)4-3-5-9(12)15/h3-5,11H,6-7H2,1-2H3. The van der Waals surface area contributed by atoms with Gasteiger partial charge in [0.1, 0.15) is 0 Å². The summed E-state index contributed by atoms with van der Waals surface area (Å²) in [7, 11) is 0. The molecule has 0 radical (unpaired) electrons. The monoisotopic (exact) mass is 300 g/mol. The molecule has 2 nitrogen and oxygen atoms in total. The fraction of sp³-hybridized carbons (Fsp3) is 0.462. The number of carbonyl (C=O) groups is 1. The van der Waals surface area contributed by atoms with E-state index in [4.69, 9.17) is 4.74 Å². The molecule has 1 aliphatic heterocycles. The predicted molar refractivity (Wildman–Crippen MR) is 67.3 cm³/mol. The topological polar surface area (TPSA) is 26.3 Å². The van der Waals surface area contributed by atoms with Gasteiger partial charge in [-0.15, -0.1) is 0 Å². The molecule has 0 aromatic heterocycles. The van der Waals surface area contributed by atoms with Gasteiger partial charge in [-0.2, -0.15) is 0 Å². The van der Waals surface area contributed by atoms with Gasteiger partial charge in [0.2, 0.25) is 0 Å². The summed E-state index contributed by atoms with van der Waals surface area (Å²) in [5.74, 6) is -0.224. The fourth-order valence-electron chi connectivity index (χ4n) is 2.18. The maximum absolute atomic E-state index is 13.7. The zero-order valence-corrected chi connectivity index (χ0v) is 11.4. The summed E-state index contributed by atoms with van der Waals surface area (Å²) in [5.41, 5.74) is 0.578. The van der Waals surface area contributed by atoms with Gasteiger partial charge in [0.25, 0.3) is 0 Å². The number of Topliss-reactive ketones (excluding diaryl/α,β-unsaturated/α-hetero) is 1. The Kier molecular flexibility index (Phi) is 3.25. The lowest BCUT2D eigenvalue weighted by atomic mass is 9.77. The number of rotatable bonds is 2. The van der Waals surface area contributed by atoms with E-state index in [1.54, 1.807) is 6.07 Å². The van der Waals surface area contributed by atoms with Crippen LogP contribution in [-0.4, -0.2) is 17.2 Å². The molecule has 0 saturated carbocycles. The third-order valence-electron chi connectivity index (χ3n) is 3.14. The van der Waals surface area contributed by atoms with Crippen LogP contribution in [0.15, 0.2) is 18.2 Å². The predicted octanol–water partition coefficient (Wildman–Crippen LogP) is 3.22. The van der Waals surface area contributed by atoms with Crippen molar-refractivity contribution >= 4 is 21.7 Å². The third kappa shape index (κ3) is 2.23. The van der Waals surface area contributed by atoms with Crippen molar-refractivity contribution in [1.82, 2.24) is 0 Å². The summed E-state index contributed by atoms with van der Waals surface area (Å²) >= 11 is 3.12. The lowest BCUT2D eigenvalue weighted by molar-refractivity contribution is -0.124. The van der Waals surface area contributed by atoms with Crippen LogP contribution in [0.25, 0.3) is 0 Å². The Morgan fingerprint density at radius 3 is 2.94 bits per heavy atom. The molecule has 4 heteroatoms. The van der Waals surface area contributed by atoms with E-state index in [1.807, 2.05) is 19.9 Å². The molecule has 0 aliphatic carbocycles. The maximum atomic E-state index is 13.7. The molecule has 0 amide bonds. The van der Waals surface area contributed by atoms with E-state index in [-0.39, 0.29) is 22.3 Å². The van der Waals surface area contributed by atoms with E-state index < -0.39 is 11.9 Å². The van der Waals surface area contributed by atoms with Gasteiger partial charge in [0, 0.05) is 12.0 Å². The maximum Gasteiger partial charge on any atom is 0.183 e. The quantitative estimate of drug-likeness (QED) is 0.784. The van der Waals surface area contributed by atoms with Crippen molar-refractivity contribution in [2.45, 2.75) is 31.8 Å². The van der Waals surface area contributed by atoms with Crippen LogP contribution in [0.2, 0.25) is 0 Å². The van der Waals surface area contributed by atoms with Gasteiger partial charge >= 0.3 is 0 Å². The second-order valence-corrected chi connectivity index (χ2v) is 5.47. The van der Waals surface area contributed by atoms with Gasteiger partial charge in [-0.3, -0.25) is 4.79 Å². The zero-order valence-electron chi connectivity index (χ0n) is 9.80. The first-order chi connectivity index (χ1) is 7.95. The van der Waals surface area contributed by atoms with Crippen LogP contribution in [0.4, 0.5) is 4.39 Å². The Bertz CT molecular complexity index is 457. The molecule has 1 aliphatic rings. The van der Waals surface area contributed by atoms with Gasteiger partial charge in [-0.25, -0.2) is 4.39 Å². The molecule has 1 aromatic rings. The van der Waals surface area contributed by atoms with Crippen molar-refractivity contribution in [1.29, 1.82) is 0 Å². The number of ether oxygens (including phenoxy) is 1. The third-order valence-corrected chi connectivity index (χ3v) is 3.70. The minimum Gasteiger partial charge on any atom is -0.479 e. The highest BCUT2D eigenvalue weighted by Crippen LogP contribution is 2.42. The molecule has 0 spiro atoms. The molecular formula is C13H14BrFO2. The lowest BCUT2D eigenvalue weighted by Gasteiger charge is -2.36. The number of ketones is 1. The van der Waals surface area contributed by atoms with Crippen LogP contribution >= 0.6 is 15.9 Å². The van der Waals surface area contributed by atoms with E-state index in [0.717, 1.165) is 5.56 Å². The lowest BCUT2D eigenvalue weighted by Crippen LogP contribution is -2.40. The number of benzene rings is 1. The number of halogens is 2. The molecule has 1 atom stereocenters. The summed E-state index contributed by atoms with van der Waals surface area (Å²) in [4.78, 5) is 11.7. The van der Waals surface area contributed by atoms with Crippen molar-refractivity contribution in [2.75, 3.05) is 5.33 Å². The number of para-hydroxylation sites is 1. The summed E-state index contributed by atoms with van der Waals surface area (Å²) in [6.07, 6.45) is 0.0159. The Hall–Kier alpha value is -0.900. The summed E-state index contributed by atoms with van der Waals surface area (Å²) in [6, 6.07) is 4.88. The highest BCUT2D eigenvalue weighted by atomic mass is 79.9. The van der Waals surface area contributed by atoms with E-state index in [1.165, 1.54) is 6.07 Å². The van der Waals surface area contributed by atoms with Crippen molar-refractivity contribution in [2.24, 2.45) is 0 Å². The van der Waals surface area contributed by atoms with Crippen LogP contribution in [0.5, 0.6) is 5.75 Å². The second-order valence-electron chi connectivity index (χ2n) is 4.91. The zero-order chi connectivity index (χ0) is 12.6.